The summed E-state index contributed by atoms with van der Waals surface area (Å²) in [4.78, 5) is 15.0. The van der Waals surface area contributed by atoms with Crippen molar-refractivity contribution in [3.63, 3.8) is 0 Å². The number of quaternary nitrogens is 1. The number of hydrogen-bond donors (Lipinski definition) is 2. The van der Waals surface area contributed by atoms with Crippen LogP contribution < -0.4 is 10.2 Å². The average molecular weight is 366 g/mol. The van der Waals surface area contributed by atoms with Crippen molar-refractivity contribution in [1.29, 1.82) is 0 Å². The van der Waals surface area contributed by atoms with E-state index in [4.69, 9.17) is 0 Å². The molecule has 2 N–H and O–H groups in total. The summed E-state index contributed by atoms with van der Waals surface area (Å²) in [7, 11) is 0. The molecule has 1 fully saturated rings. The quantitative estimate of drug-likeness (QED) is 0.857. The first-order chi connectivity index (χ1) is 10.2. The summed E-state index contributed by atoms with van der Waals surface area (Å²) in [6.45, 7) is 1.62. The van der Waals surface area contributed by atoms with Gasteiger partial charge in [0.25, 0.3) is 5.91 Å². The third-order valence-electron chi connectivity index (χ3n) is 3.89. The zero-order valence-corrected chi connectivity index (χ0v) is 14.0. The molecule has 0 spiro atoms. The van der Waals surface area contributed by atoms with Crippen LogP contribution in [0.4, 0.5) is 5.69 Å². The normalized spacial score (nSPS) is 21.4. The van der Waals surface area contributed by atoms with Crippen LogP contribution in [0.2, 0.25) is 0 Å². The first kappa shape index (κ1) is 14.8. The molecular formula is C16H18BrN2OS+. The lowest BCUT2D eigenvalue weighted by atomic mass is 10.2. The van der Waals surface area contributed by atoms with E-state index in [2.05, 4.69) is 38.8 Å². The molecule has 0 radical (unpaired) electrons. The lowest BCUT2D eigenvalue weighted by molar-refractivity contribution is -0.910. The summed E-state index contributed by atoms with van der Waals surface area (Å²) < 4.78 is 1.02. The molecule has 3 rings (SSSR count). The number of carbonyl (C=O) groups is 1. The Kier molecular flexibility index (Phi) is 4.73. The fourth-order valence-electron chi connectivity index (χ4n) is 2.90. The number of benzene rings is 1. The zero-order valence-electron chi connectivity index (χ0n) is 11.6. The number of hydrogen-bond acceptors (Lipinski definition) is 2. The van der Waals surface area contributed by atoms with E-state index in [0.717, 1.165) is 16.7 Å². The highest BCUT2D eigenvalue weighted by atomic mass is 79.9. The van der Waals surface area contributed by atoms with Crippen molar-refractivity contribution in [3.8, 4) is 0 Å². The Balaban J connectivity index is 1.60. The Morgan fingerprint density at radius 3 is 2.86 bits per heavy atom. The maximum absolute atomic E-state index is 12.2. The molecule has 1 aromatic carbocycles. The first-order valence-corrected chi connectivity index (χ1v) is 8.83. The number of amides is 1. The van der Waals surface area contributed by atoms with Gasteiger partial charge in [0.1, 0.15) is 6.04 Å². The maximum Gasteiger partial charge on any atom is 0.279 e. The van der Waals surface area contributed by atoms with Crippen molar-refractivity contribution in [2.24, 2.45) is 0 Å². The van der Waals surface area contributed by atoms with Gasteiger partial charge in [0.15, 0.2) is 6.54 Å². The van der Waals surface area contributed by atoms with E-state index >= 15 is 0 Å². The van der Waals surface area contributed by atoms with Crippen molar-refractivity contribution < 1.29 is 9.69 Å². The molecule has 0 aliphatic carbocycles. The second-order valence-corrected chi connectivity index (χ2v) is 7.25. The highest BCUT2D eigenvalue weighted by molar-refractivity contribution is 9.10. The molecule has 3 nitrogen and oxygen atoms in total. The van der Waals surface area contributed by atoms with E-state index in [1.54, 1.807) is 11.3 Å². The van der Waals surface area contributed by atoms with Gasteiger partial charge in [0, 0.05) is 23.0 Å². The fraction of sp³-hybridized carbons (Fsp3) is 0.312. The van der Waals surface area contributed by atoms with Crippen molar-refractivity contribution >= 4 is 38.9 Å². The molecule has 2 heterocycles. The molecule has 1 unspecified atom stereocenters. The van der Waals surface area contributed by atoms with Crippen LogP contribution in [0.25, 0.3) is 0 Å². The smallest absolute Gasteiger partial charge is 0.279 e. The number of halogens is 1. The molecule has 2 atom stereocenters. The fourth-order valence-corrected chi connectivity index (χ4v) is 4.09. The number of carbonyl (C=O) groups excluding carboxylic acids is 1. The van der Waals surface area contributed by atoms with Crippen molar-refractivity contribution in [2.75, 3.05) is 18.4 Å². The van der Waals surface area contributed by atoms with Gasteiger partial charge in [-0.2, -0.15) is 0 Å². The second kappa shape index (κ2) is 6.73. The molecule has 2 aromatic rings. The third kappa shape index (κ3) is 3.73. The summed E-state index contributed by atoms with van der Waals surface area (Å²) >= 11 is 5.20. The van der Waals surface area contributed by atoms with Crippen LogP contribution in [0.3, 0.4) is 0 Å². The van der Waals surface area contributed by atoms with Gasteiger partial charge in [-0.05, 0) is 35.7 Å². The van der Waals surface area contributed by atoms with Gasteiger partial charge in [-0.1, -0.05) is 22.0 Å². The molecule has 5 heteroatoms. The van der Waals surface area contributed by atoms with E-state index in [-0.39, 0.29) is 5.91 Å². The van der Waals surface area contributed by atoms with E-state index in [9.17, 15) is 4.79 Å². The number of anilines is 1. The van der Waals surface area contributed by atoms with Gasteiger partial charge in [0.05, 0.1) is 11.4 Å². The number of rotatable bonds is 4. The topological polar surface area (TPSA) is 33.5 Å². The van der Waals surface area contributed by atoms with Crippen molar-refractivity contribution in [3.05, 3.63) is 51.1 Å². The molecule has 0 saturated carbocycles. The van der Waals surface area contributed by atoms with Crippen LogP contribution in [0, 0.1) is 0 Å². The van der Waals surface area contributed by atoms with Crippen LogP contribution in [-0.2, 0) is 4.79 Å². The zero-order chi connectivity index (χ0) is 14.7. The summed E-state index contributed by atoms with van der Waals surface area (Å²) in [5, 5.41) is 5.10. The molecule has 1 saturated heterocycles. The summed E-state index contributed by atoms with van der Waals surface area (Å²) in [5.41, 5.74) is 0.856. The van der Waals surface area contributed by atoms with Crippen molar-refractivity contribution in [1.82, 2.24) is 0 Å². The minimum absolute atomic E-state index is 0.0933. The summed E-state index contributed by atoms with van der Waals surface area (Å²) in [6, 6.07) is 12.5. The molecule has 1 aromatic heterocycles. The highest BCUT2D eigenvalue weighted by Gasteiger charge is 2.32. The largest absolute Gasteiger partial charge is 0.321 e. The highest BCUT2D eigenvalue weighted by Crippen LogP contribution is 2.23. The third-order valence-corrected chi connectivity index (χ3v) is 5.40. The van der Waals surface area contributed by atoms with Crippen LogP contribution in [0.15, 0.2) is 46.3 Å². The van der Waals surface area contributed by atoms with Crippen LogP contribution in [-0.4, -0.2) is 19.0 Å². The van der Waals surface area contributed by atoms with Gasteiger partial charge in [-0.25, -0.2) is 0 Å². The van der Waals surface area contributed by atoms with Gasteiger partial charge in [0.2, 0.25) is 0 Å². The summed E-state index contributed by atoms with van der Waals surface area (Å²) in [6.07, 6.45) is 2.38. The van der Waals surface area contributed by atoms with E-state index < -0.39 is 0 Å². The van der Waals surface area contributed by atoms with Crippen molar-refractivity contribution in [2.45, 2.75) is 18.9 Å². The molecule has 1 amide bonds. The minimum atomic E-state index is 0.0933. The van der Waals surface area contributed by atoms with E-state index in [1.165, 1.54) is 22.6 Å². The van der Waals surface area contributed by atoms with Gasteiger partial charge in [-0.3, -0.25) is 4.79 Å². The van der Waals surface area contributed by atoms with Crippen LogP contribution in [0.1, 0.15) is 23.8 Å². The van der Waals surface area contributed by atoms with Crippen LogP contribution >= 0.6 is 27.3 Å². The van der Waals surface area contributed by atoms with Gasteiger partial charge >= 0.3 is 0 Å². The number of likely N-dealkylation sites (tertiary alicyclic amines) is 1. The monoisotopic (exact) mass is 365 g/mol. The van der Waals surface area contributed by atoms with E-state index in [1.807, 2.05) is 24.3 Å². The Labute approximate surface area is 137 Å². The minimum Gasteiger partial charge on any atom is -0.321 e. The molecule has 1 aliphatic rings. The van der Waals surface area contributed by atoms with Gasteiger partial charge in [-0.15, -0.1) is 11.3 Å². The average Bonchev–Trinajstić information content (AvgIpc) is 3.11. The molecule has 1 aliphatic heterocycles. The number of nitrogens with one attached hydrogen (secondary N) is 2. The standard InChI is InChI=1S/C16H17BrN2OS/c17-12-5-7-13(8-6-12)18-16(20)11-19-9-1-3-14(19)15-4-2-10-21-15/h2,4-8,10,14H,1,3,9,11H2,(H,18,20)/p+1/t14-/m1/s1. The van der Waals surface area contributed by atoms with E-state index in [0.29, 0.717) is 12.6 Å². The molecular weight excluding hydrogens is 348 g/mol. The molecule has 0 bridgehead atoms. The Morgan fingerprint density at radius 2 is 2.14 bits per heavy atom. The SMILES string of the molecule is O=C(C[NH+]1CCC[C@@H]1c1cccs1)Nc1ccc(Br)cc1. The predicted molar refractivity (Wildman–Crippen MR) is 89.8 cm³/mol. The second-order valence-electron chi connectivity index (χ2n) is 5.35. The predicted octanol–water partition coefficient (Wildman–Crippen LogP) is 2.87. The van der Waals surface area contributed by atoms with Gasteiger partial charge < -0.3 is 10.2 Å². The summed E-state index contributed by atoms with van der Waals surface area (Å²) in [5.74, 6) is 0.0933. The lowest BCUT2D eigenvalue weighted by Crippen LogP contribution is -3.11. The Bertz CT molecular complexity index is 597. The molecule has 21 heavy (non-hydrogen) atoms. The number of thiophene rings is 1. The first-order valence-electron chi connectivity index (χ1n) is 7.16. The molecule has 110 valence electrons. The Hall–Kier alpha value is -1.17. The lowest BCUT2D eigenvalue weighted by Gasteiger charge is -2.20. The maximum atomic E-state index is 12.2. The van der Waals surface area contributed by atoms with Crippen LogP contribution in [0.5, 0.6) is 0 Å². The Morgan fingerprint density at radius 1 is 1.33 bits per heavy atom.